The average molecular weight is 251 g/mol. The summed E-state index contributed by atoms with van der Waals surface area (Å²) in [5.74, 6) is -0.441. The van der Waals surface area contributed by atoms with E-state index in [9.17, 15) is 9.18 Å². The van der Waals surface area contributed by atoms with Gasteiger partial charge in [0, 0.05) is 11.5 Å². The van der Waals surface area contributed by atoms with Gasteiger partial charge in [0.25, 0.3) is 5.91 Å². The molecule has 1 aromatic heterocycles. The van der Waals surface area contributed by atoms with E-state index in [-0.39, 0.29) is 5.56 Å². The normalized spacial score (nSPS) is 10.3. The van der Waals surface area contributed by atoms with E-state index in [0.29, 0.717) is 16.5 Å². The van der Waals surface area contributed by atoms with Gasteiger partial charge in [-0.1, -0.05) is 12.1 Å². The predicted molar refractivity (Wildman–Crippen MR) is 63.7 cm³/mol. The van der Waals surface area contributed by atoms with Crippen molar-refractivity contribution in [3.63, 3.8) is 0 Å². The van der Waals surface area contributed by atoms with Crippen molar-refractivity contribution in [1.29, 1.82) is 0 Å². The van der Waals surface area contributed by atoms with Crippen LogP contribution in [0.2, 0.25) is 0 Å². The number of rotatable bonds is 2. The lowest BCUT2D eigenvalue weighted by atomic mass is 10.1. The zero-order chi connectivity index (χ0) is 12.4. The van der Waals surface area contributed by atoms with Crippen molar-refractivity contribution in [3.05, 3.63) is 41.0 Å². The zero-order valence-corrected chi connectivity index (χ0v) is 10.1. The number of anilines is 1. The van der Waals surface area contributed by atoms with Gasteiger partial charge >= 0.3 is 0 Å². The molecule has 0 saturated carbocycles. The van der Waals surface area contributed by atoms with Crippen molar-refractivity contribution in [2.24, 2.45) is 0 Å². The zero-order valence-electron chi connectivity index (χ0n) is 9.32. The molecule has 1 aromatic carbocycles. The molecule has 0 aliphatic heterocycles. The monoisotopic (exact) mass is 251 g/mol. The minimum absolute atomic E-state index is 0.0119. The van der Waals surface area contributed by atoms with Crippen LogP contribution in [0.1, 0.15) is 21.7 Å². The number of aryl methyl sites for hydroxylation is 2. The Morgan fingerprint density at radius 3 is 2.82 bits per heavy atom. The molecule has 0 aliphatic rings. The molecule has 0 radical (unpaired) electrons. The minimum Gasteiger partial charge on any atom is -0.296 e. The minimum atomic E-state index is -0.512. The van der Waals surface area contributed by atoms with Gasteiger partial charge in [0.05, 0.1) is 5.56 Å². The molecule has 6 heteroatoms. The first-order valence-electron chi connectivity index (χ1n) is 4.94. The Balaban J connectivity index is 2.23. The van der Waals surface area contributed by atoms with Crippen LogP contribution in [0, 0.1) is 19.7 Å². The van der Waals surface area contributed by atoms with Gasteiger partial charge in [-0.3, -0.25) is 10.1 Å². The molecule has 4 nitrogen and oxygen atoms in total. The smallest absolute Gasteiger partial charge is 0.260 e. The Bertz CT molecular complexity index is 568. The molecule has 88 valence electrons. The molecule has 0 atom stereocenters. The summed E-state index contributed by atoms with van der Waals surface area (Å²) in [5.41, 5.74) is 0.448. The van der Waals surface area contributed by atoms with Crippen LogP contribution in [0.15, 0.2) is 18.2 Å². The summed E-state index contributed by atoms with van der Waals surface area (Å²) in [6.07, 6.45) is 0. The summed E-state index contributed by atoms with van der Waals surface area (Å²) >= 11 is 1.07. The fourth-order valence-corrected chi connectivity index (χ4v) is 1.91. The molecule has 2 rings (SSSR count). The van der Waals surface area contributed by atoms with Crippen molar-refractivity contribution < 1.29 is 9.18 Å². The fraction of sp³-hybridized carbons (Fsp3) is 0.182. The second-order valence-electron chi connectivity index (χ2n) is 3.54. The lowest BCUT2D eigenvalue weighted by Crippen LogP contribution is -2.14. The van der Waals surface area contributed by atoms with Crippen LogP contribution >= 0.6 is 11.5 Å². The van der Waals surface area contributed by atoms with Crippen molar-refractivity contribution >= 4 is 22.6 Å². The quantitative estimate of drug-likeness (QED) is 0.892. The first-order chi connectivity index (χ1) is 8.08. The van der Waals surface area contributed by atoms with Crippen molar-refractivity contribution in [3.8, 4) is 0 Å². The average Bonchev–Trinajstić information content (AvgIpc) is 2.68. The molecule has 0 spiro atoms. The SMILES string of the molecule is Cc1nsc(NC(=O)c2cccc(C)c2F)n1. The molecule has 0 aliphatic carbocycles. The van der Waals surface area contributed by atoms with E-state index in [1.807, 2.05) is 0 Å². The number of nitrogens with one attached hydrogen (secondary N) is 1. The van der Waals surface area contributed by atoms with E-state index in [0.717, 1.165) is 11.5 Å². The molecule has 0 bridgehead atoms. The van der Waals surface area contributed by atoms with E-state index in [1.54, 1.807) is 26.0 Å². The Morgan fingerprint density at radius 2 is 2.18 bits per heavy atom. The number of carbonyl (C=O) groups excluding carboxylic acids is 1. The number of hydrogen-bond acceptors (Lipinski definition) is 4. The molecule has 2 aromatic rings. The van der Waals surface area contributed by atoms with Gasteiger partial charge in [-0.25, -0.2) is 9.37 Å². The molecular formula is C11H10FN3OS. The third kappa shape index (κ3) is 2.47. The van der Waals surface area contributed by atoms with Crippen LogP contribution in [0.4, 0.5) is 9.52 Å². The second-order valence-corrected chi connectivity index (χ2v) is 4.29. The van der Waals surface area contributed by atoms with Crippen LogP contribution in [0.25, 0.3) is 0 Å². The van der Waals surface area contributed by atoms with Gasteiger partial charge in [0.15, 0.2) is 0 Å². The molecule has 1 N–H and O–H groups in total. The van der Waals surface area contributed by atoms with E-state index in [1.165, 1.54) is 6.07 Å². The summed E-state index contributed by atoms with van der Waals surface area (Å²) in [6, 6.07) is 4.69. The highest BCUT2D eigenvalue weighted by atomic mass is 32.1. The summed E-state index contributed by atoms with van der Waals surface area (Å²) in [4.78, 5) is 15.8. The van der Waals surface area contributed by atoms with Gasteiger partial charge in [0.1, 0.15) is 11.6 Å². The third-order valence-corrected chi connectivity index (χ3v) is 2.91. The molecule has 0 fully saturated rings. The Morgan fingerprint density at radius 1 is 1.41 bits per heavy atom. The highest BCUT2D eigenvalue weighted by Crippen LogP contribution is 2.15. The number of amides is 1. The van der Waals surface area contributed by atoms with Crippen LogP contribution in [-0.2, 0) is 0 Å². The number of carbonyl (C=O) groups is 1. The number of hydrogen-bond donors (Lipinski definition) is 1. The van der Waals surface area contributed by atoms with E-state index in [2.05, 4.69) is 14.7 Å². The summed E-state index contributed by atoms with van der Waals surface area (Å²) < 4.78 is 17.6. The van der Waals surface area contributed by atoms with Crippen LogP contribution in [-0.4, -0.2) is 15.3 Å². The maximum absolute atomic E-state index is 13.7. The number of halogens is 1. The highest BCUT2D eigenvalue weighted by molar-refractivity contribution is 7.09. The lowest BCUT2D eigenvalue weighted by molar-refractivity contribution is 0.102. The third-order valence-electron chi connectivity index (χ3n) is 2.18. The fourth-order valence-electron chi connectivity index (χ4n) is 1.34. The standard InChI is InChI=1S/C11H10FN3OS/c1-6-4-3-5-8(9(6)12)10(16)14-11-13-7(2)15-17-11/h3-5H,1-2H3,(H,13,14,15,16). The molecular weight excluding hydrogens is 241 g/mol. The maximum Gasteiger partial charge on any atom is 0.260 e. The van der Waals surface area contributed by atoms with Crippen molar-refractivity contribution in [2.75, 3.05) is 5.32 Å². The number of benzene rings is 1. The highest BCUT2D eigenvalue weighted by Gasteiger charge is 2.14. The molecule has 1 amide bonds. The van der Waals surface area contributed by atoms with Crippen LogP contribution < -0.4 is 5.32 Å². The Hall–Kier alpha value is -1.82. The van der Waals surface area contributed by atoms with Crippen molar-refractivity contribution in [2.45, 2.75) is 13.8 Å². The Kier molecular flexibility index (Phi) is 3.14. The van der Waals surface area contributed by atoms with Crippen LogP contribution in [0.5, 0.6) is 0 Å². The second kappa shape index (κ2) is 4.58. The number of nitrogens with zero attached hydrogens (tertiary/aromatic N) is 2. The van der Waals surface area contributed by atoms with Gasteiger partial charge in [-0.15, -0.1) is 0 Å². The van der Waals surface area contributed by atoms with E-state index in [4.69, 9.17) is 0 Å². The molecule has 1 heterocycles. The van der Waals surface area contributed by atoms with E-state index >= 15 is 0 Å². The van der Waals surface area contributed by atoms with Gasteiger partial charge in [0.2, 0.25) is 5.13 Å². The Labute approximate surface area is 102 Å². The predicted octanol–water partition coefficient (Wildman–Crippen LogP) is 2.55. The summed E-state index contributed by atoms with van der Waals surface area (Å²) in [7, 11) is 0. The summed E-state index contributed by atoms with van der Waals surface area (Å²) in [5, 5.41) is 2.88. The lowest BCUT2D eigenvalue weighted by Gasteiger charge is -2.04. The van der Waals surface area contributed by atoms with Gasteiger partial charge in [-0.2, -0.15) is 4.37 Å². The topological polar surface area (TPSA) is 54.9 Å². The molecule has 0 saturated heterocycles. The van der Waals surface area contributed by atoms with Crippen molar-refractivity contribution in [1.82, 2.24) is 9.36 Å². The van der Waals surface area contributed by atoms with Crippen LogP contribution in [0.3, 0.4) is 0 Å². The largest absolute Gasteiger partial charge is 0.296 e. The summed E-state index contributed by atoms with van der Waals surface area (Å²) in [6.45, 7) is 3.33. The number of aromatic nitrogens is 2. The van der Waals surface area contributed by atoms with E-state index < -0.39 is 11.7 Å². The first kappa shape index (κ1) is 11.7. The maximum atomic E-state index is 13.7. The molecule has 0 unspecified atom stereocenters. The molecule has 17 heavy (non-hydrogen) atoms. The van der Waals surface area contributed by atoms with Gasteiger partial charge < -0.3 is 0 Å². The van der Waals surface area contributed by atoms with Gasteiger partial charge in [-0.05, 0) is 25.5 Å². The first-order valence-corrected chi connectivity index (χ1v) is 5.72.